The van der Waals surface area contributed by atoms with E-state index in [2.05, 4.69) is 5.32 Å². The zero-order valence-electron chi connectivity index (χ0n) is 10.7. The van der Waals surface area contributed by atoms with Crippen molar-refractivity contribution in [3.05, 3.63) is 63.9 Å². The number of carbonyl (C=O) groups is 1. The van der Waals surface area contributed by atoms with Gasteiger partial charge in [0.05, 0.1) is 5.69 Å². The summed E-state index contributed by atoms with van der Waals surface area (Å²) in [6, 6.07) is 9.73. The highest BCUT2D eigenvalue weighted by Gasteiger charge is 2.24. The first-order valence-electron chi connectivity index (χ1n) is 6.14. The molecule has 1 heterocycles. The molecule has 1 aliphatic heterocycles. The van der Waals surface area contributed by atoms with Gasteiger partial charge < -0.3 is 5.32 Å². The summed E-state index contributed by atoms with van der Waals surface area (Å²) >= 11 is 5.90. The molecule has 0 radical (unpaired) electrons. The average Bonchev–Trinajstić information content (AvgIpc) is 2.69. The van der Waals surface area contributed by atoms with E-state index in [1.807, 2.05) is 6.92 Å². The molecule has 100 valence electrons. The molecule has 0 aromatic heterocycles. The maximum atomic E-state index is 13.3. The van der Waals surface area contributed by atoms with Gasteiger partial charge in [-0.05, 0) is 48.4 Å². The van der Waals surface area contributed by atoms with Gasteiger partial charge in [-0.25, -0.2) is 4.39 Å². The van der Waals surface area contributed by atoms with E-state index in [9.17, 15) is 9.18 Å². The Balaban J connectivity index is 2.13. The second-order valence-corrected chi connectivity index (χ2v) is 5.14. The minimum Gasteiger partial charge on any atom is -0.321 e. The molecule has 3 rings (SSSR count). The van der Waals surface area contributed by atoms with E-state index in [0.29, 0.717) is 21.8 Å². The third kappa shape index (κ3) is 2.21. The summed E-state index contributed by atoms with van der Waals surface area (Å²) in [7, 11) is 0. The summed E-state index contributed by atoms with van der Waals surface area (Å²) in [5.74, 6) is -0.525. The number of amides is 1. The number of fused-ring (bicyclic) bond motifs is 1. The largest absolute Gasteiger partial charge is 0.321 e. The lowest BCUT2D eigenvalue weighted by Gasteiger charge is -2.03. The highest BCUT2D eigenvalue weighted by molar-refractivity contribution is 6.36. The van der Waals surface area contributed by atoms with Crippen molar-refractivity contribution in [2.45, 2.75) is 6.92 Å². The van der Waals surface area contributed by atoms with Crippen LogP contribution in [0.3, 0.4) is 0 Å². The molecule has 0 atom stereocenters. The van der Waals surface area contributed by atoms with Gasteiger partial charge in [0.15, 0.2) is 0 Å². The van der Waals surface area contributed by atoms with Crippen molar-refractivity contribution < 1.29 is 9.18 Å². The van der Waals surface area contributed by atoms with E-state index in [4.69, 9.17) is 11.6 Å². The summed E-state index contributed by atoms with van der Waals surface area (Å²) in [6.07, 6.45) is 1.70. The molecule has 4 heteroatoms. The number of rotatable bonds is 1. The Morgan fingerprint density at radius 1 is 1.20 bits per heavy atom. The number of nitrogens with one attached hydrogen (secondary N) is 1. The second-order valence-electron chi connectivity index (χ2n) is 4.70. The lowest BCUT2D eigenvalue weighted by atomic mass is 10.0. The fourth-order valence-corrected chi connectivity index (χ4v) is 2.40. The Labute approximate surface area is 120 Å². The van der Waals surface area contributed by atoms with Crippen LogP contribution in [0.5, 0.6) is 0 Å². The summed E-state index contributed by atoms with van der Waals surface area (Å²) in [5.41, 5.74) is 3.59. The molecule has 1 aliphatic rings. The molecular weight excluding hydrogens is 277 g/mol. The highest BCUT2D eigenvalue weighted by Crippen LogP contribution is 2.35. The highest BCUT2D eigenvalue weighted by atomic mass is 35.5. The Kier molecular flexibility index (Phi) is 3.07. The van der Waals surface area contributed by atoms with Crippen molar-refractivity contribution in [1.82, 2.24) is 0 Å². The van der Waals surface area contributed by atoms with E-state index in [-0.39, 0.29) is 11.7 Å². The van der Waals surface area contributed by atoms with Crippen molar-refractivity contribution in [2.75, 3.05) is 5.32 Å². The van der Waals surface area contributed by atoms with E-state index in [1.54, 1.807) is 30.3 Å². The molecule has 0 spiro atoms. The van der Waals surface area contributed by atoms with Gasteiger partial charge in [-0.15, -0.1) is 0 Å². The molecule has 0 fully saturated rings. The number of hydrogen-bond donors (Lipinski definition) is 1. The lowest BCUT2D eigenvalue weighted by molar-refractivity contribution is -0.110. The van der Waals surface area contributed by atoms with Gasteiger partial charge >= 0.3 is 0 Å². The van der Waals surface area contributed by atoms with E-state index in [1.165, 1.54) is 12.1 Å². The number of carbonyl (C=O) groups excluding carboxylic acids is 1. The smallest absolute Gasteiger partial charge is 0.256 e. The molecule has 0 saturated heterocycles. The zero-order chi connectivity index (χ0) is 14.3. The first-order chi connectivity index (χ1) is 9.54. The van der Waals surface area contributed by atoms with E-state index in [0.717, 1.165) is 11.1 Å². The zero-order valence-corrected chi connectivity index (χ0v) is 11.5. The average molecular weight is 288 g/mol. The number of halogens is 2. The quantitative estimate of drug-likeness (QED) is 0.779. The first-order valence-corrected chi connectivity index (χ1v) is 6.51. The molecule has 20 heavy (non-hydrogen) atoms. The molecule has 1 amide bonds. The van der Waals surface area contributed by atoms with Crippen LogP contribution in [0.2, 0.25) is 5.02 Å². The van der Waals surface area contributed by atoms with Crippen LogP contribution < -0.4 is 5.32 Å². The maximum Gasteiger partial charge on any atom is 0.256 e. The molecule has 0 saturated carbocycles. The lowest BCUT2D eigenvalue weighted by Crippen LogP contribution is -2.03. The van der Waals surface area contributed by atoms with Crippen LogP contribution in [0.25, 0.3) is 11.6 Å². The Bertz CT molecular complexity index is 752. The predicted octanol–water partition coefficient (Wildman–Crippen LogP) is 4.28. The molecule has 2 aromatic rings. The number of hydrogen-bond acceptors (Lipinski definition) is 1. The fraction of sp³-hybridized carbons (Fsp3) is 0.0625. The van der Waals surface area contributed by atoms with Crippen molar-refractivity contribution >= 4 is 34.8 Å². The Hall–Kier alpha value is -2.13. The van der Waals surface area contributed by atoms with Crippen LogP contribution in [0.15, 0.2) is 36.4 Å². The molecule has 1 N–H and O–H groups in total. The van der Waals surface area contributed by atoms with Crippen molar-refractivity contribution in [3.8, 4) is 0 Å². The van der Waals surface area contributed by atoms with Gasteiger partial charge in [-0.1, -0.05) is 23.7 Å². The van der Waals surface area contributed by atoms with Gasteiger partial charge in [0.2, 0.25) is 0 Å². The van der Waals surface area contributed by atoms with Crippen LogP contribution in [0, 0.1) is 12.7 Å². The standard InChI is InChI=1S/C16H11ClFNO/c1-9-2-4-12(18)6-10(9)7-14-13-5-3-11(17)8-15(13)19-16(14)20/h2-8H,1H3,(H,19,20)/b14-7+. The Morgan fingerprint density at radius 3 is 2.80 bits per heavy atom. The molecule has 0 unspecified atom stereocenters. The Morgan fingerprint density at radius 2 is 2.00 bits per heavy atom. The normalized spacial score (nSPS) is 15.3. The van der Waals surface area contributed by atoms with Gasteiger partial charge in [0, 0.05) is 16.2 Å². The number of anilines is 1. The summed E-state index contributed by atoms with van der Waals surface area (Å²) in [6.45, 7) is 1.88. The van der Waals surface area contributed by atoms with E-state index >= 15 is 0 Å². The van der Waals surface area contributed by atoms with Gasteiger partial charge in [0.1, 0.15) is 5.82 Å². The van der Waals surface area contributed by atoms with Crippen LogP contribution in [0.4, 0.5) is 10.1 Å². The third-order valence-corrected chi connectivity index (χ3v) is 3.54. The van der Waals surface area contributed by atoms with Gasteiger partial charge in [-0.2, -0.15) is 0 Å². The van der Waals surface area contributed by atoms with Crippen LogP contribution in [0.1, 0.15) is 16.7 Å². The minimum atomic E-state index is -0.322. The van der Waals surface area contributed by atoms with Crippen molar-refractivity contribution in [1.29, 1.82) is 0 Å². The molecule has 2 nitrogen and oxygen atoms in total. The monoisotopic (exact) mass is 287 g/mol. The van der Waals surface area contributed by atoms with Crippen LogP contribution in [-0.2, 0) is 4.79 Å². The molecule has 2 aromatic carbocycles. The first kappa shape index (κ1) is 12.9. The molecule has 0 bridgehead atoms. The summed E-state index contributed by atoms with van der Waals surface area (Å²) in [5, 5.41) is 3.32. The van der Waals surface area contributed by atoms with Gasteiger partial charge in [-0.3, -0.25) is 4.79 Å². The van der Waals surface area contributed by atoms with Crippen LogP contribution in [-0.4, -0.2) is 5.91 Å². The summed E-state index contributed by atoms with van der Waals surface area (Å²) < 4.78 is 13.3. The van der Waals surface area contributed by atoms with Crippen molar-refractivity contribution in [3.63, 3.8) is 0 Å². The number of benzene rings is 2. The van der Waals surface area contributed by atoms with E-state index < -0.39 is 0 Å². The van der Waals surface area contributed by atoms with Gasteiger partial charge in [0.25, 0.3) is 5.91 Å². The molecular formula is C16H11ClFNO. The maximum absolute atomic E-state index is 13.3. The SMILES string of the molecule is Cc1ccc(F)cc1/C=C1/C(=O)Nc2cc(Cl)ccc21. The topological polar surface area (TPSA) is 29.1 Å². The fourth-order valence-electron chi connectivity index (χ4n) is 2.23. The second kappa shape index (κ2) is 4.76. The predicted molar refractivity (Wildman–Crippen MR) is 79.1 cm³/mol. The third-order valence-electron chi connectivity index (χ3n) is 3.31. The van der Waals surface area contributed by atoms with Crippen LogP contribution >= 0.6 is 11.6 Å². The summed E-state index contributed by atoms with van der Waals surface area (Å²) in [4.78, 5) is 12.0. The minimum absolute atomic E-state index is 0.203. The number of aryl methyl sites for hydroxylation is 1. The molecule has 0 aliphatic carbocycles. The van der Waals surface area contributed by atoms with Crippen molar-refractivity contribution in [2.24, 2.45) is 0 Å².